The number of aryl methyl sites for hydroxylation is 2. The maximum atomic E-state index is 10.6. The summed E-state index contributed by atoms with van der Waals surface area (Å²) in [6.07, 6.45) is 4.34. The lowest BCUT2D eigenvalue weighted by atomic mass is 9.96. The first-order valence-corrected chi connectivity index (χ1v) is 5.45. The van der Waals surface area contributed by atoms with Crippen molar-refractivity contribution in [3.63, 3.8) is 0 Å². The van der Waals surface area contributed by atoms with Crippen LogP contribution in [0.5, 0.6) is 0 Å². The molecular formula is C13H15O2. The number of fused-ring (bicyclic) bond motifs is 1. The molecule has 0 heterocycles. The lowest BCUT2D eigenvalue weighted by Crippen LogP contribution is -2.07. The molecule has 0 spiro atoms. The first kappa shape index (κ1) is 10.2. The number of rotatable bonds is 2. The van der Waals surface area contributed by atoms with Gasteiger partial charge in [0.1, 0.15) is 0 Å². The van der Waals surface area contributed by atoms with Crippen molar-refractivity contribution >= 4 is 5.97 Å². The summed E-state index contributed by atoms with van der Waals surface area (Å²) in [6, 6.07) is 9.18. The van der Waals surface area contributed by atoms with Crippen molar-refractivity contribution in [2.45, 2.75) is 32.1 Å². The molecule has 2 heteroatoms. The van der Waals surface area contributed by atoms with Gasteiger partial charge < -0.3 is 5.11 Å². The van der Waals surface area contributed by atoms with Crippen molar-refractivity contribution in [1.82, 2.24) is 0 Å². The Balaban J connectivity index is 2.05. The maximum Gasteiger partial charge on any atom is 0.303 e. The van der Waals surface area contributed by atoms with E-state index in [9.17, 15) is 4.79 Å². The van der Waals surface area contributed by atoms with Gasteiger partial charge in [-0.2, -0.15) is 0 Å². The second kappa shape index (κ2) is 4.47. The molecule has 15 heavy (non-hydrogen) atoms. The van der Waals surface area contributed by atoms with Crippen LogP contribution in [-0.2, 0) is 17.6 Å². The quantitative estimate of drug-likeness (QED) is 0.750. The Hall–Kier alpha value is -1.31. The molecule has 0 aromatic heterocycles. The minimum atomic E-state index is -0.669. The minimum absolute atomic E-state index is 0.317. The number of aliphatic carboxylic acids is 1. The summed E-state index contributed by atoms with van der Waals surface area (Å²) in [7, 11) is 0. The predicted octanol–water partition coefficient (Wildman–Crippen LogP) is 2.46. The van der Waals surface area contributed by atoms with Gasteiger partial charge in [-0.3, -0.25) is 4.79 Å². The van der Waals surface area contributed by atoms with Crippen LogP contribution in [0.1, 0.15) is 30.4 Å². The van der Waals surface area contributed by atoms with Crippen LogP contribution in [0, 0.1) is 12.0 Å². The van der Waals surface area contributed by atoms with E-state index in [1.165, 1.54) is 11.1 Å². The number of carboxylic acids is 1. The third kappa shape index (κ3) is 2.58. The number of benzene rings is 1. The summed E-state index contributed by atoms with van der Waals surface area (Å²) in [5.74, 6) is -0.326. The Morgan fingerprint density at radius 2 is 2.13 bits per heavy atom. The lowest BCUT2D eigenvalue weighted by Gasteiger charge is -2.09. The zero-order valence-electron chi connectivity index (χ0n) is 8.70. The predicted molar refractivity (Wildman–Crippen MR) is 57.7 cm³/mol. The molecule has 1 N–H and O–H groups in total. The van der Waals surface area contributed by atoms with Gasteiger partial charge in [0.15, 0.2) is 0 Å². The summed E-state index contributed by atoms with van der Waals surface area (Å²) in [6.45, 7) is 0. The molecule has 1 aromatic rings. The number of carbonyl (C=O) groups is 1. The number of carboxylic acid groups (broad SMARTS) is 1. The van der Waals surface area contributed by atoms with Crippen LogP contribution in [-0.4, -0.2) is 11.1 Å². The molecule has 0 aliphatic heterocycles. The largest absolute Gasteiger partial charge is 0.481 e. The van der Waals surface area contributed by atoms with E-state index in [4.69, 9.17) is 5.11 Å². The van der Waals surface area contributed by atoms with Crippen LogP contribution in [0.15, 0.2) is 18.2 Å². The van der Waals surface area contributed by atoms with Gasteiger partial charge in [0.2, 0.25) is 0 Å². The fourth-order valence-corrected chi connectivity index (χ4v) is 2.29. The molecule has 79 valence electrons. The van der Waals surface area contributed by atoms with Crippen LogP contribution >= 0.6 is 0 Å². The van der Waals surface area contributed by atoms with E-state index in [2.05, 4.69) is 12.1 Å². The molecule has 2 rings (SSSR count). The summed E-state index contributed by atoms with van der Waals surface area (Å²) in [5, 5.41) is 8.77. The second-order valence-corrected chi connectivity index (χ2v) is 4.24. The monoisotopic (exact) mass is 203 g/mol. The number of hydrogen-bond acceptors (Lipinski definition) is 1. The fraction of sp³-hybridized carbons (Fsp3) is 0.462. The molecule has 0 fully saturated rings. The summed E-state index contributed by atoms with van der Waals surface area (Å²) >= 11 is 0. The van der Waals surface area contributed by atoms with Crippen molar-refractivity contribution in [3.05, 3.63) is 35.4 Å². The van der Waals surface area contributed by atoms with Gasteiger partial charge in [0.25, 0.3) is 0 Å². The Bertz CT molecular complexity index is 330. The highest BCUT2D eigenvalue weighted by atomic mass is 16.4. The molecule has 0 bridgehead atoms. The highest BCUT2D eigenvalue weighted by Crippen LogP contribution is 2.26. The normalized spacial score (nSPS) is 16.8. The third-order valence-corrected chi connectivity index (χ3v) is 3.16. The topological polar surface area (TPSA) is 37.3 Å². The zero-order chi connectivity index (χ0) is 10.7. The summed E-state index contributed by atoms with van der Waals surface area (Å²) in [5.41, 5.74) is 2.73. The van der Waals surface area contributed by atoms with E-state index >= 15 is 0 Å². The molecule has 1 aliphatic rings. The van der Waals surface area contributed by atoms with E-state index < -0.39 is 5.97 Å². The van der Waals surface area contributed by atoms with Crippen LogP contribution in [0.2, 0.25) is 0 Å². The molecule has 1 aromatic carbocycles. The van der Waals surface area contributed by atoms with Gasteiger partial charge in [-0.25, -0.2) is 0 Å². The molecule has 1 radical (unpaired) electrons. The molecule has 1 atom stereocenters. The van der Waals surface area contributed by atoms with E-state index in [-0.39, 0.29) is 0 Å². The zero-order valence-corrected chi connectivity index (χ0v) is 8.70. The van der Waals surface area contributed by atoms with Gasteiger partial charge in [-0.15, -0.1) is 0 Å². The molecule has 0 amide bonds. The molecule has 2 nitrogen and oxygen atoms in total. The van der Waals surface area contributed by atoms with E-state index in [1.54, 1.807) is 0 Å². The molecule has 1 unspecified atom stereocenters. The van der Waals surface area contributed by atoms with Gasteiger partial charge in [-0.05, 0) is 48.8 Å². The summed E-state index contributed by atoms with van der Waals surface area (Å²) in [4.78, 5) is 10.6. The molecule has 0 saturated carbocycles. The van der Waals surface area contributed by atoms with Crippen LogP contribution in [0.3, 0.4) is 0 Å². The Morgan fingerprint density at radius 3 is 2.87 bits per heavy atom. The molecule has 0 saturated heterocycles. The molecule has 1 aliphatic carbocycles. The average Bonchev–Trinajstić information content (AvgIpc) is 2.41. The Kier molecular flexibility index (Phi) is 3.05. The first-order valence-electron chi connectivity index (χ1n) is 5.45. The maximum absolute atomic E-state index is 10.6. The smallest absolute Gasteiger partial charge is 0.303 e. The molecular weight excluding hydrogens is 188 g/mol. The van der Waals surface area contributed by atoms with Crippen molar-refractivity contribution in [2.75, 3.05) is 0 Å². The highest BCUT2D eigenvalue weighted by Gasteiger charge is 2.17. The SMILES string of the molecule is O=C(O)CC1CCc2c[c]ccc2CC1. The second-order valence-electron chi connectivity index (χ2n) is 4.24. The van der Waals surface area contributed by atoms with E-state index in [0.717, 1.165) is 25.7 Å². The van der Waals surface area contributed by atoms with Crippen molar-refractivity contribution in [3.8, 4) is 0 Å². The Labute approximate surface area is 89.9 Å². The van der Waals surface area contributed by atoms with Crippen molar-refractivity contribution < 1.29 is 9.90 Å². The standard InChI is InChI=1S/C13H15O2/c14-13(15)9-10-5-7-11-3-1-2-4-12(11)8-6-10/h1,3-4,10H,5-9H2,(H,14,15). The van der Waals surface area contributed by atoms with Gasteiger partial charge in [0.05, 0.1) is 0 Å². The Morgan fingerprint density at radius 1 is 1.40 bits per heavy atom. The highest BCUT2D eigenvalue weighted by molar-refractivity contribution is 5.67. The third-order valence-electron chi connectivity index (χ3n) is 3.16. The van der Waals surface area contributed by atoms with Gasteiger partial charge in [-0.1, -0.05) is 18.2 Å². The van der Waals surface area contributed by atoms with E-state index in [0.29, 0.717) is 12.3 Å². The average molecular weight is 203 g/mol. The van der Waals surface area contributed by atoms with Gasteiger partial charge in [0, 0.05) is 6.42 Å². The number of hydrogen-bond donors (Lipinski definition) is 1. The first-order chi connectivity index (χ1) is 7.25. The lowest BCUT2D eigenvalue weighted by molar-refractivity contribution is -0.138. The van der Waals surface area contributed by atoms with Crippen LogP contribution in [0.4, 0.5) is 0 Å². The summed E-state index contributed by atoms with van der Waals surface area (Å²) < 4.78 is 0. The minimum Gasteiger partial charge on any atom is -0.481 e. The van der Waals surface area contributed by atoms with Crippen LogP contribution in [0.25, 0.3) is 0 Å². The van der Waals surface area contributed by atoms with Gasteiger partial charge >= 0.3 is 5.97 Å². The van der Waals surface area contributed by atoms with Crippen molar-refractivity contribution in [1.29, 1.82) is 0 Å². The van der Waals surface area contributed by atoms with Crippen LogP contribution < -0.4 is 0 Å². The van der Waals surface area contributed by atoms with Crippen molar-refractivity contribution in [2.24, 2.45) is 5.92 Å². The fourth-order valence-electron chi connectivity index (χ4n) is 2.29. The van der Waals surface area contributed by atoms with E-state index in [1.807, 2.05) is 12.1 Å².